The first-order valence-electron chi connectivity index (χ1n) is 3.30. The fraction of sp³-hybridized carbons (Fsp3) is 0.143. The van der Waals surface area contributed by atoms with Gasteiger partial charge in [0, 0.05) is 5.69 Å². The van der Waals surface area contributed by atoms with E-state index in [4.69, 9.17) is 0 Å². The number of nitrogens with one attached hydrogen (secondary N) is 1. The van der Waals surface area contributed by atoms with E-state index in [1.165, 1.54) is 0 Å². The van der Waals surface area contributed by atoms with Gasteiger partial charge >= 0.3 is 29.6 Å². The predicted molar refractivity (Wildman–Crippen MR) is 48.2 cm³/mol. The van der Waals surface area contributed by atoms with E-state index in [-0.39, 0.29) is 35.0 Å². The van der Waals surface area contributed by atoms with Gasteiger partial charge in [-0.25, -0.2) is 8.42 Å². The normalized spacial score (nSPS) is 9.50. The molecule has 7 heteroatoms. The first-order valence-corrected chi connectivity index (χ1v) is 4.88. The van der Waals surface area contributed by atoms with Crippen molar-refractivity contribution in [2.75, 3.05) is 11.2 Å². The Kier molecular flexibility index (Phi) is 8.42. The second kappa shape index (κ2) is 7.22. The molecule has 0 atom stereocenters. The molecule has 0 spiro atoms. The van der Waals surface area contributed by atoms with E-state index < -0.39 is 16.0 Å². The molecule has 74 valence electrons. The number of hydrogen-bond acceptors (Lipinski definition) is 4. The van der Waals surface area contributed by atoms with Crippen LogP contribution in [0.15, 0.2) is 30.3 Å². The van der Waals surface area contributed by atoms with E-state index >= 15 is 0 Å². The van der Waals surface area contributed by atoms with Gasteiger partial charge < -0.3 is 15.3 Å². The van der Waals surface area contributed by atoms with Crippen molar-refractivity contribution in [3.63, 3.8) is 0 Å². The molecule has 0 aliphatic rings. The second-order valence-electron chi connectivity index (χ2n) is 2.24. The molecule has 0 aromatic heterocycles. The minimum atomic E-state index is -4.18. The van der Waals surface area contributed by atoms with Crippen LogP contribution in [0.25, 0.3) is 0 Å². The molecule has 1 aromatic carbocycles. The maximum atomic E-state index is 10.2. The smallest absolute Gasteiger partial charge is 0.747 e. The van der Waals surface area contributed by atoms with Crippen molar-refractivity contribution >= 4 is 15.8 Å². The second-order valence-corrected chi connectivity index (χ2v) is 3.65. The zero-order valence-electron chi connectivity index (χ0n) is 7.73. The minimum absolute atomic E-state index is 0. The average Bonchev–Trinajstić information content (AvgIpc) is 2.02. The van der Waals surface area contributed by atoms with Crippen LogP contribution in [0.4, 0.5) is 5.69 Å². The molecule has 1 aromatic rings. The molecule has 14 heavy (non-hydrogen) atoms. The molecule has 0 aliphatic heterocycles. The topological polar surface area (TPSA) is 101 Å². The van der Waals surface area contributed by atoms with Gasteiger partial charge in [-0.15, -0.1) is 0 Å². The van der Waals surface area contributed by atoms with Gasteiger partial charge in [0.15, 0.2) is 0 Å². The molecule has 1 rings (SSSR count). The van der Waals surface area contributed by atoms with Gasteiger partial charge in [0.1, 0.15) is 16.0 Å². The third-order valence-corrected chi connectivity index (χ3v) is 1.72. The Labute approximate surface area is 105 Å². The van der Waals surface area contributed by atoms with Crippen LogP contribution < -0.4 is 34.9 Å². The largest absolute Gasteiger partial charge is 1.00 e. The van der Waals surface area contributed by atoms with Crippen molar-refractivity contribution in [3.8, 4) is 0 Å². The number of para-hydroxylation sites is 1. The molecule has 3 N–H and O–H groups in total. The Balaban J connectivity index is 0. The van der Waals surface area contributed by atoms with Crippen LogP contribution in [0.1, 0.15) is 0 Å². The van der Waals surface area contributed by atoms with E-state index in [1.807, 2.05) is 0 Å². The Morgan fingerprint density at radius 1 is 1.21 bits per heavy atom. The minimum Gasteiger partial charge on any atom is -0.747 e. The quantitative estimate of drug-likeness (QED) is 0.433. The Hall–Kier alpha value is -0.110. The summed E-state index contributed by atoms with van der Waals surface area (Å²) in [4.78, 5) is 0. The van der Waals surface area contributed by atoms with Crippen LogP contribution in [0, 0.1) is 0 Å². The van der Waals surface area contributed by atoms with Crippen LogP contribution in [0.5, 0.6) is 0 Å². The summed E-state index contributed by atoms with van der Waals surface area (Å²) in [5, 5.41) is 2.48. The summed E-state index contributed by atoms with van der Waals surface area (Å²) in [6.07, 6.45) is 0. The van der Waals surface area contributed by atoms with Crippen molar-refractivity contribution in [3.05, 3.63) is 30.3 Å². The van der Waals surface area contributed by atoms with Gasteiger partial charge in [-0.2, -0.15) is 0 Å². The summed E-state index contributed by atoms with van der Waals surface area (Å²) in [5.41, 5.74) is 0.622. The van der Waals surface area contributed by atoms with Crippen LogP contribution in [-0.2, 0) is 10.1 Å². The third-order valence-electron chi connectivity index (χ3n) is 1.23. The average molecular weight is 227 g/mol. The van der Waals surface area contributed by atoms with Crippen molar-refractivity contribution in [1.82, 2.24) is 0 Å². The standard InChI is InChI=1S/C7H9NO3S.Na.H2O/c9-12(10,11)6-8-7-4-2-1-3-5-7;;/h1-5,8H,6H2,(H,9,10,11);;1H2/q;+1;/p-1. The van der Waals surface area contributed by atoms with Gasteiger partial charge in [0.25, 0.3) is 0 Å². The van der Waals surface area contributed by atoms with Gasteiger partial charge in [0.05, 0.1) is 0 Å². The molecule has 0 radical (unpaired) electrons. The summed E-state index contributed by atoms with van der Waals surface area (Å²) in [6.45, 7) is 0. The Bertz CT molecular complexity index is 340. The Morgan fingerprint density at radius 3 is 2.14 bits per heavy atom. The van der Waals surface area contributed by atoms with Crippen molar-refractivity contribution in [2.24, 2.45) is 0 Å². The van der Waals surface area contributed by atoms with Crippen LogP contribution in [-0.4, -0.2) is 24.3 Å². The first-order chi connectivity index (χ1) is 5.58. The molecule has 0 saturated heterocycles. The van der Waals surface area contributed by atoms with Crippen molar-refractivity contribution in [1.29, 1.82) is 0 Å². The molecule has 5 nitrogen and oxygen atoms in total. The maximum Gasteiger partial charge on any atom is 1.00 e. The molecule has 0 fully saturated rings. The maximum absolute atomic E-state index is 10.2. The zero-order chi connectivity index (χ0) is 9.03. The molecular formula is C7H10NNaO4S. The van der Waals surface area contributed by atoms with Gasteiger partial charge in [-0.05, 0) is 12.1 Å². The van der Waals surface area contributed by atoms with Crippen molar-refractivity contribution < 1.29 is 48.0 Å². The van der Waals surface area contributed by atoms with E-state index in [0.717, 1.165) is 0 Å². The molecule has 0 heterocycles. The number of rotatable bonds is 3. The van der Waals surface area contributed by atoms with Gasteiger partial charge in [-0.1, -0.05) is 18.2 Å². The van der Waals surface area contributed by atoms with Crippen LogP contribution >= 0.6 is 0 Å². The van der Waals surface area contributed by atoms with Crippen molar-refractivity contribution in [2.45, 2.75) is 0 Å². The van der Waals surface area contributed by atoms with E-state index in [2.05, 4.69) is 5.32 Å². The van der Waals surface area contributed by atoms with E-state index in [0.29, 0.717) is 5.69 Å². The summed E-state index contributed by atoms with van der Waals surface area (Å²) < 4.78 is 30.6. The first kappa shape index (κ1) is 16.3. The van der Waals surface area contributed by atoms with E-state index in [1.54, 1.807) is 30.3 Å². The molecule has 0 unspecified atom stereocenters. The fourth-order valence-electron chi connectivity index (χ4n) is 0.728. The third kappa shape index (κ3) is 7.31. The van der Waals surface area contributed by atoms with Gasteiger partial charge in [-0.3, -0.25) is 0 Å². The number of anilines is 1. The molecule has 0 aliphatic carbocycles. The number of hydrogen-bond donors (Lipinski definition) is 1. The molecule has 0 saturated carbocycles. The number of benzene rings is 1. The molecule has 0 bridgehead atoms. The monoisotopic (exact) mass is 227 g/mol. The van der Waals surface area contributed by atoms with Gasteiger partial charge in [0.2, 0.25) is 0 Å². The SMILES string of the molecule is O.O=S(=O)([O-])CNc1ccccc1.[Na+]. The predicted octanol–water partition coefficient (Wildman–Crippen LogP) is -3.22. The molecule has 0 amide bonds. The summed E-state index contributed by atoms with van der Waals surface area (Å²) in [5.74, 6) is -0.572. The summed E-state index contributed by atoms with van der Waals surface area (Å²) in [7, 11) is -4.18. The van der Waals surface area contributed by atoms with Crippen LogP contribution in [0.3, 0.4) is 0 Å². The Morgan fingerprint density at radius 2 is 1.71 bits per heavy atom. The molecular weight excluding hydrogens is 217 g/mol. The van der Waals surface area contributed by atoms with Crippen LogP contribution in [0.2, 0.25) is 0 Å². The summed E-state index contributed by atoms with van der Waals surface area (Å²) >= 11 is 0. The zero-order valence-corrected chi connectivity index (χ0v) is 10.5. The van der Waals surface area contributed by atoms with E-state index in [9.17, 15) is 13.0 Å². The fourth-order valence-corrected chi connectivity index (χ4v) is 1.07. The summed E-state index contributed by atoms with van der Waals surface area (Å²) in [6, 6.07) is 8.67.